The maximum atomic E-state index is 5.79. The van der Waals surface area contributed by atoms with Crippen LogP contribution in [0.1, 0.15) is 73.1 Å². The number of unbranched alkanes of at least 4 members (excludes halogenated alkanes) is 2. The lowest BCUT2D eigenvalue weighted by Crippen LogP contribution is -2.44. The highest BCUT2D eigenvalue weighted by atomic mass is 16.5. The van der Waals surface area contributed by atoms with Crippen LogP contribution in [0.2, 0.25) is 0 Å². The van der Waals surface area contributed by atoms with Crippen LogP contribution in [-0.4, -0.2) is 24.8 Å². The van der Waals surface area contributed by atoms with E-state index < -0.39 is 0 Å². The second-order valence-electron chi connectivity index (χ2n) is 6.93. The number of hydrogen-bond donors (Lipinski definition) is 1. The summed E-state index contributed by atoms with van der Waals surface area (Å²) in [7, 11) is 0. The predicted molar refractivity (Wildman–Crippen MR) is 79.0 cm³/mol. The van der Waals surface area contributed by atoms with Crippen LogP contribution in [-0.2, 0) is 4.74 Å². The van der Waals surface area contributed by atoms with E-state index in [1.807, 2.05) is 0 Å². The minimum absolute atomic E-state index is 0.412. The van der Waals surface area contributed by atoms with E-state index in [4.69, 9.17) is 4.74 Å². The minimum atomic E-state index is 0.412. The molecule has 0 aromatic carbocycles. The molecule has 1 heterocycles. The summed E-state index contributed by atoms with van der Waals surface area (Å²) in [5, 5.41) is 3.77. The molecule has 0 spiro atoms. The predicted octanol–water partition coefficient (Wildman–Crippen LogP) is 4.14. The molecule has 0 radical (unpaired) electrons. The summed E-state index contributed by atoms with van der Waals surface area (Å²) in [6, 6.07) is 0.647. The van der Waals surface area contributed by atoms with Crippen LogP contribution in [0, 0.1) is 5.41 Å². The van der Waals surface area contributed by atoms with E-state index in [2.05, 4.69) is 39.9 Å². The second kappa shape index (κ2) is 7.49. The summed E-state index contributed by atoms with van der Waals surface area (Å²) < 4.78 is 5.79. The Morgan fingerprint density at radius 1 is 1.11 bits per heavy atom. The van der Waals surface area contributed by atoms with E-state index in [-0.39, 0.29) is 0 Å². The summed E-state index contributed by atoms with van der Waals surface area (Å²) in [4.78, 5) is 0. The molecule has 0 saturated carbocycles. The van der Waals surface area contributed by atoms with Crippen LogP contribution < -0.4 is 5.32 Å². The van der Waals surface area contributed by atoms with Gasteiger partial charge in [0.25, 0.3) is 0 Å². The Balaban J connectivity index is 2.25. The Morgan fingerprint density at radius 2 is 1.72 bits per heavy atom. The molecule has 2 nitrogen and oxygen atoms in total. The average molecular weight is 255 g/mol. The molecule has 1 N–H and O–H groups in total. The first-order chi connectivity index (χ1) is 8.43. The van der Waals surface area contributed by atoms with E-state index in [0.29, 0.717) is 23.7 Å². The van der Waals surface area contributed by atoms with Gasteiger partial charge in [0.2, 0.25) is 0 Å². The monoisotopic (exact) mass is 255 g/mol. The van der Waals surface area contributed by atoms with Gasteiger partial charge in [0, 0.05) is 12.6 Å². The Hall–Kier alpha value is -0.0800. The molecule has 0 amide bonds. The highest BCUT2D eigenvalue weighted by Gasteiger charge is 2.26. The van der Waals surface area contributed by atoms with Crippen LogP contribution in [0.3, 0.4) is 0 Å². The number of rotatable bonds is 7. The molecule has 1 aliphatic heterocycles. The van der Waals surface area contributed by atoms with Gasteiger partial charge < -0.3 is 10.1 Å². The van der Waals surface area contributed by atoms with Crippen molar-refractivity contribution in [3.8, 4) is 0 Å². The maximum Gasteiger partial charge on any atom is 0.0565 e. The smallest absolute Gasteiger partial charge is 0.0565 e. The molecule has 18 heavy (non-hydrogen) atoms. The molecule has 1 aliphatic rings. The fraction of sp³-hybridized carbons (Fsp3) is 1.00. The van der Waals surface area contributed by atoms with Gasteiger partial charge in [-0.3, -0.25) is 0 Å². The molecule has 0 aromatic heterocycles. The SMILES string of the molecule is CCCCCC(C)(C)CNC1CC(C)OC(C)C1. The molecule has 0 aliphatic carbocycles. The molecule has 0 bridgehead atoms. The maximum absolute atomic E-state index is 5.79. The van der Waals surface area contributed by atoms with Crippen LogP contribution in [0.25, 0.3) is 0 Å². The number of hydrogen-bond acceptors (Lipinski definition) is 2. The fourth-order valence-corrected chi connectivity index (χ4v) is 2.93. The van der Waals surface area contributed by atoms with Crippen molar-refractivity contribution in [2.75, 3.05) is 6.54 Å². The van der Waals surface area contributed by atoms with Crippen molar-refractivity contribution in [1.82, 2.24) is 5.32 Å². The van der Waals surface area contributed by atoms with Crippen LogP contribution in [0.4, 0.5) is 0 Å². The van der Waals surface area contributed by atoms with E-state index in [1.165, 1.54) is 25.7 Å². The lowest BCUT2D eigenvalue weighted by atomic mass is 9.86. The highest BCUT2D eigenvalue weighted by molar-refractivity contribution is 4.81. The summed E-state index contributed by atoms with van der Waals surface area (Å²) in [5.74, 6) is 0. The summed E-state index contributed by atoms with van der Waals surface area (Å²) in [6.07, 6.45) is 8.54. The van der Waals surface area contributed by atoms with E-state index in [1.54, 1.807) is 0 Å². The first-order valence-corrected chi connectivity index (χ1v) is 7.82. The normalized spacial score (nSPS) is 29.5. The minimum Gasteiger partial charge on any atom is -0.375 e. The molecular formula is C16H33NO. The van der Waals surface area contributed by atoms with Gasteiger partial charge in [0.1, 0.15) is 0 Å². The van der Waals surface area contributed by atoms with Crippen LogP contribution in [0.5, 0.6) is 0 Å². The van der Waals surface area contributed by atoms with Crippen molar-refractivity contribution < 1.29 is 4.74 Å². The quantitative estimate of drug-likeness (QED) is 0.690. The zero-order valence-electron chi connectivity index (χ0n) is 13.1. The summed E-state index contributed by atoms with van der Waals surface area (Å²) in [5.41, 5.74) is 0.431. The molecule has 1 saturated heterocycles. The van der Waals surface area contributed by atoms with Crippen molar-refractivity contribution >= 4 is 0 Å². The van der Waals surface area contributed by atoms with E-state index in [9.17, 15) is 0 Å². The molecule has 2 heteroatoms. The van der Waals surface area contributed by atoms with Crippen molar-refractivity contribution in [3.63, 3.8) is 0 Å². The fourth-order valence-electron chi connectivity index (χ4n) is 2.93. The molecule has 108 valence electrons. The molecule has 2 atom stereocenters. The molecule has 0 aromatic rings. The molecule has 2 unspecified atom stereocenters. The largest absolute Gasteiger partial charge is 0.375 e. The molecular weight excluding hydrogens is 222 g/mol. The van der Waals surface area contributed by atoms with E-state index in [0.717, 1.165) is 19.4 Å². The summed E-state index contributed by atoms with van der Waals surface area (Å²) >= 11 is 0. The van der Waals surface area contributed by atoms with Gasteiger partial charge in [-0.25, -0.2) is 0 Å². The van der Waals surface area contributed by atoms with Gasteiger partial charge in [0.05, 0.1) is 12.2 Å². The average Bonchev–Trinajstić information content (AvgIpc) is 2.25. The third-order valence-corrected chi connectivity index (χ3v) is 4.02. The Labute approximate surface area is 114 Å². The van der Waals surface area contributed by atoms with E-state index >= 15 is 0 Å². The first kappa shape index (κ1) is 16.0. The van der Waals surface area contributed by atoms with Crippen LogP contribution in [0.15, 0.2) is 0 Å². The van der Waals surface area contributed by atoms with Gasteiger partial charge in [0.15, 0.2) is 0 Å². The third kappa shape index (κ3) is 6.19. The zero-order valence-corrected chi connectivity index (χ0v) is 13.1. The van der Waals surface area contributed by atoms with Gasteiger partial charge >= 0.3 is 0 Å². The molecule has 1 rings (SSSR count). The standard InChI is InChI=1S/C16H33NO/c1-6-7-8-9-16(4,5)12-17-15-10-13(2)18-14(3)11-15/h13-15,17H,6-12H2,1-5H3. The Morgan fingerprint density at radius 3 is 2.28 bits per heavy atom. The lowest BCUT2D eigenvalue weighted by molar-refractivity contribution is -0.0431. The second-order valence-corrected chi connectivity index (χ2v) is 6.93. The van der Waals surface area contributed by atoms with Crippen LogP contribution >= 0.6 is 0 Å². The Bertz CT molecular complexity index is 217. The van der Waals surface area contributed by atoms with Crippen molar-refractivity contribution in [2.45, 2.75) is 91.4 Å². The van der Waals surface area contributed by atoms with Gasteiger partial charge in [-0.1, -0.05) is 40.0 Å². The van der Waals surface area contributed by atoms with Crippen molar-refractivity contribution in [2.24, 2.45) is 5.41 Å². The van der Waals surface area contributed by atoms with Gasteiger partial charge in [-0.05, 0) is 38.5 Å². The first-order valence-electron chi connectivity index (χ1n) is 7.82. The van der Waals surface area contributed by atoms with Gasteiger partial charge in [-0.15, -0.1) is 0 Å². The number of nitrogens with one attached hydrogen (secondary N) is 1. The number of ether oxygens (including phenoxy) is 1. The third-order valence-electron chi connectivity index (χ3n) is 4.02. The summed E-state index contributed by atoms with van der Waals surface area (Å²) in [6.45, 7) is 12.6. The highest BCUT2D eigenvalue weighted by Crippen LogP contribution is 2.25. The lowest BCUT2D eigenvalue weighted by Gasteiger charge is -2.35. The van der Waals surface area contributed by atoms with Crippen molar-refractivity contribution in [1.29, 1.82) is 0 Å². The topological polar surface area (TPSA) is 21.3 Å². The van der Waals surface area contributed by atoms with Gasteiger partial charge in [-0.2, -0.15) is 0 Å². The Kier molecular flexibility index (Phi) is 6.65. The van der Waals surface area contributed by atoms with Crippen molar-refractivity contribution in [3.05, 3.63) is 0 Å². The zero-order chi connectivity index (χ0) is 13.6. The molecule has 1 fully saturated rings.